The molecule has 3 heterocycles. The normalized spacial score (nSPS) is 14.8. The van der Waals surface area contributed by atoms with Crippen LogP contribution in [0, 0.1) is 0 Å². The Morgan fingerprint density at radius 3 is 2.63 bits per heavy atom. The molecule has 2 aromatic heterocycles. The molecule has 1 saturated heterocycles. The molecule has 184 valence electrons. The second-order valence-corrected chi connectivity index (χ2v) is 10.9. The molecule has 1 N–H and O–H groups in total. The van der Waals surface area contributed by atoms with E-state index in [9.17, 15) is 0 Å². The molecule has 8 heteroatoms. The number of anilines is 1. The molecule has 6 nitrogen and oxygen atoms in total. The average Bonchev–Trinajstić information content (AvgIpc) is 2.88. The highest BCUT2D eigenvalue weighted by atomic mass is 32.2. The first kappa shape index (κ1) is 26.9. The molecule has 0 saturated carbocycles. The third-order valence-electron chi connectivity index (χ3n) is 5.47. The molecule has 35 heavy (non-hydrogen) atoms. The number of thioether (sulfide) groups is 2. The zero-order valence-corrected chi connectivity index (χ0v) is 22.6. The second kappa shape index (κ2) is 13.4. The molecule has 1 aliphatic rings. The van der Waals surface area contributed by atoms with Crippen LogP contribution in [0.2, 0.25) is 0 Å². The fourth-order valence-electron chi connectivity index (χ4n) is 3.57. The summed E-state index contributed by atoms with van der Waals surface area (Å²) < 4.78 is 0. The number of allylic oxidation sites excluding steroid dienone is 1. The molecule has 3 aromatic rings. The number of nitrogens with zero attached hydrogens (tertiary/aromatic N) is 5. The van der Waals surface area contributed by atoms with Crippen LogP contribution in [0.1, 0.15) is 30.9 Å². The molecule has 0 unspecified atom stereocenters. The van der Waals surface area contributed by atoms with Crippen molar-refractivity contribution in [3.05, 3.63) is 71.9 Å². The smallest absolute Gasteiger partial charge is 0.222 e. The van der Waals surface area contributed by atoms with Gasteiger partial charge in [-0.15, -0.1) is 11.8 Å². The number of piperidine rings is 1. The van der Waals surface area contributed by atoms with Crippen LogP contribution >= 0.6 is 23.5 Å². The Kier molecular flexibility index (Phi) is 10.3. The Balaban J connectivity index is 0.000000198. The van der Waals surface area contributed by atoms with Crippen molar-refractivity contribution < 1.29 is 0 Å². The highest BCUT2D eigenvalue weighted by Gasteiger charge is 2.18. The largest absolute Gasteiger partial charge is 0.357 e. The van der Waals surface area contributed by atoms with Gasteiger partial charge in [0.15, 0.2) is 0 Å². The second-order valence-electron chi connectivity index (χ2n) is 8.30. The summed E-state index contributed by atoms with van der Waals surface area (Å²) in [6.07, 6.45) is 8.09. The van der Waals surface area contributed by atoms with Crippen LogP contribution in [0.15, 0.2) is 70.8 Å². The van der Waals surface area contributed by atoms with E-state index in [0.717, 1.165) is 42.3 Å². The van der Waals surface area contributed by atoms with Gasteiger partial charge in [0.25, 0.3) is 0 Å². The maximum Gasteiger partial charge on any atom is 0.222 e. The van der Waals surface area contributed by atoms with Crippen molar-refractivity contribution in [1.29, 1.82) is 0 Å². The van der Waals surface area contributed by atoms with Gasteiger partial charge in [-0.25, -0.2) is 15.0 Å². The third kappa shape index (κ3) is 8.19. The lowest BCUT2D eigenvalue weighted by molar-refractivity contribution is 0.282. The fourth-order valence-corrected chi connectivity index (χ4v) is 5.35. The molecule has 0 amide bonds. The van der Waals surface area contributed by atoms with E-state index in [1.807, 2.05) is 61.4 Å². The standard InChI is InChI=1S/C14H16N4S.C13H18N2S/c1-9(2)19-13(15-3)10-5-6-11-8-17-14(16-4)18-12(11)7-10;1-3-11-4-7-14-13(10-11)16-12-5-8-15(2)9-6-12/h5-8H,1H2,2-4H3,(H,16,17,18);3-4,7,10,12H,1,5-6,8-9H2,2H3. The third-order valence-corrected chi connectivity index (χ3v) is 7.70. The van der Waals surface area contributed by atoms with Crippen LogP contribution in [-0.2, 0) is 0 Å². The van der Waals surface area contributed by atoms with Crippen molar-refractivity contribution in [3.63, 3.8) is 0 Å². The van der Waals surface area contributed by atoms with Crippen molar-refractivity contribution >= 4 is 51.5 Å². The van der Waals surface area contributed by atoms with Crippen molar-refractivity contribution in [2.45, 2.75) is 30.0 Å². The Labute approximate surface area is 217 Å². The van der Waals surface area contributed by atoms with Gasteiger partial charge in [0.1, 0.15) is 5.04 Å². The molecule has 1 aromatic carbocycles. The SMILES string of the molecule is C=C(C)SC(=NC)c1ccc2cnc(NC)nc2c1.C=Cc1ccnc(SC2CCN(C)CC2)c1. The fraction of sp³-hybridized carbons (Fsp3) is 0.333. The number of hydrogen-bond donors (Lipinski definition) is 1. The Morgan fingerprint density at radius 2 is 1.97 bits per heavy atom. The van der Waals surface area contributed by atoms with Crippen molar-refractivity contribution in [3.8, 4) is 0 Å². The summed E-state index contributed by atoms with van der Waals surface area (Å²) in [5, 5.41) is 6.76. The lowest BCUT2D eigenvalue weighted by Gasteiger charge is -2.28. The van der Waals surface area contributed by atoms with Gasteiger partial charge in [0, 0.05) is 42.7 Å². The quantitative estimate of drug-likeness (QED) is 0.314. The van der Waals surface area contributed by atoms with Crippen molar-refractivity contribution in [1.82, 2.24) is 19.9 Å². The van der Waals surface area contributed by atoms with Crippen LogP contribution in [0.4, 0.5) is 5.95 Å². The van der Waals surface area contributed by atoms with Gasteiger partial charge in [0.05, 0.1) is 10.5 Å². The van der Waals surface area contributed by atoms with Crippen LogP contribution < -0.4 is 5.32 Å². The van der Waals surface area contributed by atoms with E-state index in [0.29, 0.717) is 5.95 Å². The monoisotopic (exact) mass is 506 g/mol. The van der Waals surface area contributed by atoms with Gasteiger partial charge >= 0.3 is 0 Å². The van der Waals surface area contributed by atoms with Crippen LogP contribution in [0.3, 0.4) is 0 Å². The predicted molar refractivity (Wildman–Crippen MR) is 155 cm³/mol. The number of benzene rings is 1. The number of aliphatic imine (C=N–C) groups is 1. The Morgan fingerprint density at radius 1 is 1.20 bits per heavy atom. The zero-order valence-electron chi connectivity index (χ0n) is 21.0. The molecule has 1 fully saturated rings. The van der Waals surface area contributed by atoms with E-state index in [4.69, 9.17) is 0 Å². The summed E-state index contributed by atoms with van der Waals surface area (Å²) >= 11 is 3.48. The molecule has 4 rings (SSSR count). The van der Waals surface area contributed by atoms with Gasteiger partial charge in [-0.3, -0.25) is 4.99 Å². The molecule has 0 aliphatic carbocycles. The molecule has 0 spiro atoms. The van der Waals surface area contributed by atoms with Crippen molar-refractivity contribution in [2.75, 3.05) is 39.5 Å². The van der Waals surface area contributed by atoms with Crippen LogP contribution in [0.25, 0.3) is 17.0 Å². The number of pyridine rings is 1. The first-order chi connectivity index (χ1) is 16.9. The summed E-state index contributed by atoms with van der Waals surface area (Å²) in [7, 11) is 5.78. The maximum absolute atomic E-state index is 4.44. The first-order valence-electron chi connectivity index (χ1n) is 11.6. The number of likely N-dealkylation sites (tertiary alicyclic amines) is 1. The van der Waals surface area contributed by atoms with E-state index in [1.165, 1.54) is 25.9 Å². The highest BCUT2D eigenvalue weighted by Crippen LogP contribution is 2.29. The van der Waals surface area contributed by atoms with E-state index in [2.05, 4.69) is 56.4 Å². The van der Waals surface area contributed by atoms with Crippen LogP contribution in [-0.4, -0.2) is 64.4 Å². The van der Waals surface area contributed by atoms with E-state index < -0.39 is 0 Å². The molecule has 0 atom stereocenters. The van der Waals surface area contributed by atoms with E-state index in [1.54, 1.807) is 25.9 Å². The van der Waals surface area contributed by atoms with Gasteiger partial charge in [-0.1, -0.05) is 43.1 Å². The molecule has 0 radical (unpaired) electrons. The van der Waals surface area contributed by atoms with Gasteiger partial charge < -0.3 is 10.2 Å². The summed E-state index contributed by atoms with van der Waals surface area (Å²) in [5.41, 5.74) is 3.11. The highest BCUT2D eigenvalue weighted by molar-refractivity contribution is 8.17. The zero-order chi connectivity index (χ0) is 25.2. The number of fused-ring (bicyclic) bond motifs is 1. The Bertz CT molecular complexity index is 1190. The number of hydrogen-bond acceptors (Lipinski definition) is 8. The lowest BCUT2D eigenvalue weighted by atomic mass is 10.1. The minimum Gasteiger partial charge on any atom is -0.357 e. The number of rotatable bonds is 6. The number of aromatic nitrogens is 3. The summed E-state index contributed by atoms with van der Waals surface area (Å²) in [6.45, 7) is 12.1. The molecule has 0 bridgehead atoms. The van der Waals surface area contributed by atoms with E-state index in [-0.39, 0.29) is 0 Å². The maximum atomic E-state index is 4.44. The Hall–Kier alpha value is -2.68. The predicted octanol–water partition coefficient (Wildman–Crippen LogP) is 6.23. The van der Waals surface area contributed by atoms with Crippen molar-refractivity contribution in [2.24, 2.45) is 4.99 Å². The minimum absolute atomic E-state index is 0.618. The minimum atomic E-state index is 0.618. The summed E-state index contributed by atoms with van der Waals surface area (Å²) in [4.78, 5) is 20.8. The number of nitrogens with one attached hydrogen (secondary N) is 1. The summed E-state index contributed by atoms with van der Waals surface area (Å²) in [5.74, 6) is 0.618. The average molecular weight is 507 g/mol. The molecular weight excluding hydrogens is 472 g/mol. The van der Waals surface area contributed by atoms with Gasteiger partial charge in [-0.2, -0.15) is 0 Å². The first-order valence-corrected chi connectivity index (χ1v) is 13.3. The van der Waals surface area contributed by atoms with Crippen LogP contribution in [0.5, 0.6) is 0 Å². The molecular formula is C27H34N6S2. The van der Waals surface area contributed by atoms with Gasteiger partial charge in [-0.05, 0) is 68.6 Å². The van der Waals surface area contributed by atoms with E-state index >= 15 is 0 Å². The summed E-state index contributed by atoms with van der Waals surface area (Å²) in [6, 6.07) is 10.2. The topological polar surface area (TPSA) is 66.3 Å². The lowest BCUT2D eigenvalue weighted by Crippen LogP contribution is -2.31. The van der Waals surface area contributed by atoms with Gasteiger partial charge in [0.2, 0.25) is 5.95 Å². The molecule has 1 aliphatic heterocycles.